The molecule has 3 aromatic rings. The molecule has 3 N–H and O–H groups in total. The average molecular weight is 424 g/mol. The molecule has 3 rings (SSSR count). The second-order valence-electron chi connectivity index (χ2n) is 6.86. The minimum Gasteiger partial charge on any atom is -0.481 e. The lowest BCUT2D eigenvalue weighted by Crippen LogP contribution is -2.05. The Hall–Kier alpha value is -3.03. The van der Waals surface area contributed by atoms with Gasteiger partial charge in [-0.3, -0.25) is 4.79 Å². The number of anilines is 2. The Kier molecular flexibility index (Phi) is 7.32. The third kappa shape index (κ3) is 5.52. The molecule has 156 valence electrons. The molecule has 0 saturated carbocycles. The van der Waals surface area contributed by atoms with Gasteiger partial charge >= 0.3 is 5.97 Å². The van der Waals surface area contributed by atoms with E-state index in [-0.39, 0.29) is 13.0 Å². The summed E-state index contributed by atoms with van der Waals surface area (Å²) in [6.07, 6.45) is 5.36. The van der Waals surface area contributed by atoms with E-state index in [1.165, 1.54) is 0 Å². The largest absolute Gasteiger partial charge is 0.481 e. The van der Waals surface area contributed by atoms with Gasteiger partial charge < -0.3 is 15.5 Å². The number of nitrogens with zero attached hydrogens (tertiary/aromatic N) is 2. The number of carbonyl (C=O) groups is 1. The molecule has 7 heteroatoms. The summed E-state index contributed by atoms with van der Waals surface area (Å²) in [7, 11) is 0. The van der Waals surface area contributed by atoms with Crippen LogP contribution in [0.4, 0.5) is 11.5 Å². The van der Waals surface area contributed by atoms with Crippen molar-refractivity contribution in [2.75, 3.05) is 11.9 Å². The molecule has 0 aliphatic heterocycles. The minimum absolute atomic E-state index is 0.00468. The van der Waals surface area contributed by atoms with E-state index in [9.17, 15) is 4.79 Å². The van der Waals surface area contributed by atoms with Gasteiger partial charge in [0.1, 0.15) is 5.82 Å². The molecular formula is C23H25N3O3S. The first-order valence-corrected chi connectivity index (χ1v) is 10.7. The smallest absolute Gasteiger partial charge is 0.307 e. The van der Waals surface area contributed by atoms with Crippen LogP contribution in [0, 0.1) is 6.92 Å². The Bertz CT molecular complexity index is 1040. The number of nitrogens with one attached hydrogen (secondary N) is 1. The van der Waals surface area contributed by atoms with Gasteiger partial charge in [-0.25, -0.2) is 9.97 Å². The number of aliphatic carboxylic acids is 1. The zero-order valence-electron chi connectivity index (χ0n) is 17.1. The van der Waals surface area contributed by atoms with E-state index < -0.39 is 5.97 Å². The van der Waals surface area contributed by atoms with Crippen LogP contribution in [0.2, 0.25) is 0 Å². The van der Waals surface area contributed by atoms with E-state index in [4.69, 9.17) is 20.2 Å². The Balaban J connectivity index is 1.87. The number of aromatic nitrogens is 2. The van der Waals surface area contributed by atoms with E-state index in [1.807, 2.05) is 42.7 Å². The van der Waals surface area contributed by atoms with Crippen molar-refractivity contribution < 1.29 is 15.0 Å². The maximum atomic E-state index is 10.9. The molecule has 0 bridgehead atoms. The second-order valence-corrected chi connectivity index (χ2v) is 7.78. The first kappa shape index (κ1) is 21.7. The van der Waals surface area contributed by atoms with Gasteiger partial charge in [-0.1, -0.05) is 31.2 Å². The summed E-state index contributed by atoms with van der Waals surface area (Å²) in [5.74, 6) is 0.583. The number of carboxylic acid groups (broad SMARTS) is 1. The van der Waals surface area contributed by atoms with Crippen molar-refractivity contribution in [1.29, 1.82) is 0 Å². The first-order valence-electron chi connectivity index (χ1n) is 9.81. The van der Waals surface area contributed by atoms with Crippen molar-refractivity contribution in [3.8, 4) is 10.7 Å². The van der Waals surface area contributed by atoms with Crippen molar-refractivity contribution in [3.05, 3.63) is 64.2 Å². The maximum absolute atomic E-state index is 10.9. The zero-order valence-corrected chi connectivity index (χ0v) is 17.9. The van der Waals surface area contributed by atoms with Crippen molar-refractivity contribution >= 4 is 34.9 Å². The fraction of sp³-hybridized carbons (Fsp3) is 0.261. The predicted octanol–water partition coefficient (Wildman–Crippen LogP) is 4.84. The SMILES string of the molecule is CCc1c(C)nc(-c2cc(/C=C/CCO)cs2)nc1Nc1ccc(CC(=O)O)cc1. The lowest BCUT2D eigenvalue weighted by atomic mass is 10.1. The summed E-state index contributed by atoms with van der Waals surface area (Å²) in [5.41, 5.74) is 4.64. The van der Waals surface area contributed by atoms with Crippen LogP contribution in [0.25, 0.3) is 16.8 Å². The number of benzene rings is 1. The molecule has 30 heavy (non-hydrogen) atoms. The molecule has 0 radical (unpaired) electrons. The molecule has 0 saturated heterocycles. The summed E-state index contributed by atoms with van der Waals surface area (Å²) in [6, 6.07) is 9.39. The van der Waals surface area contributed by atoms with Crippen LogP contribution in [0.5, 0.6) is 0 Å². The van der Waals surface area contributed by atoms with Crippen molar-refractivity contribution in [1.82, 2.24) is 9.97 Å². The van der Waals surface area contributed by atoms with Gasteiger partial charge in [0.05, 0.1) is 11.3 Å². The lowest BCUT2D eigenvalue weighted by Gasteiger charge is -2.14. The number of hydrogen-bond donors (Lipinski definition) is 3. The summed E-state index contributed by atoms with van der Waals surface area (Å²) in [4.78, 5) is 21.3. The van der Waals surface area contributed by atoms with Crippen LogP contribution >= 0.6 is 11.3 Å². The Morgan fingerprint density at radius 3 is 2.67 bits per heavy atom. The van der Waals surface area contributed by atoms with Crippen LogP contribution in [-0.4, -0.2) is 32.8 Å². The lowest BCUT2D eigenvalue weighted by molar-refractivity contribution is -0.136. The number of rotatable bonds is 9. The zero-order chi connectivity index (χ0) is 21.5. The second kappa shape index (κ2) is 10.1. The van der Waals surface area contributed by atoms with Crippen LogP contribution < -0.4 is 5.32 Å². The average Bonchev–Trinajstić information content (AvgIpc) is 3.18. The topological polar surface area (TPSA) is 95.3 Å². The highest BCUT2D eigenvalue weighted by atomic mass is 32.1. The summed E-state index contributed by atoms with van der Waals surface area (Å²) in [5, 5.41) is 23.2. The van der Waals surface area contributed by atoms with Crippen LogP contribution in [-0.2, 0) is 17.6 Å². The molecular weight excluding hydrogens is 398 g/mol. The summed E-state index contributed by atoms with van der Waals surface area (Å²) < 4.78 is 0. The van der Waals surface area contributed by atoms with Gasteiger partial charge in [0.2, 0.25) is 0 Å². The molecule has 0 amide bonds. The molecule has 0 aliphatic rings. The Morgan fingerprint density at radius 2 is 2.00 bits per heavy atom. The van der Waals surface area contributed by atoms with E-state index >= 15 is 0 Å². The Morgan fingerprint density at radius 1 is 1.23 bits per heavy atom. The van der Waals surface area contributed by atoms with Gasteiger partial charge in [0.15, 0.2) is 5.82 Å². The molecule has 0 atom stereocenters. The fourth-order valence-corrected chi connectivity index (χ4v) is 3.91. The standard InChI is InChI=1S/C23H25N3O3S/c1-3-19-15(2)24-23(20-12-17(14-30-20)6-4-5-11-27)26-22(19)25-18-9-7-16(8-10-18)13-21(28)29/h4,6-10,12,14,27H,3,5,11,13H2,1-2H3,(H,28,29)(H,24,25,26)/b6-4+. The highest BCUT2D eigenvalue weighted by Gasteiger charge is 2.13. The number of aliphatic hydroxyl groups is 1. The third-order valence-electron chi connectivity index (χ3n) is 4.59. The number of thiophene rings is 1. The highest BCUT2D eigenvalue weighted by Crippen LogP contribution is 2.29. The minimum atomic E-state index is -0.846. The number of carboxylic acids is 1. The van der Waals surface area contributed by atoms with Gasteiger partial charge in [-0.15, -0.1) is 11.3 Å². The summed E-state index contributed by atoms with van der Waals surface area (Å²) >= 11 is 1.58. The molecule has 2 aromatic heterocycles. The van der Waals surface area contributed by atoms with Gasteiger partial charge in [-0.05, 0) is 54.5 Å². The number of hydrogen-bond acceptors (Lipinski definition) is 6. The normalized spacial score (nSPS) is 11.2. The Labute approximate surface area is 180 Å². The number of aliphatic hydroxyl groups excluding tert-OH is 1. The van der Waals surface area contributed by atoms with Crippen molar-refractivity contribution in [2.24, 2.45) is 0 Å². The molecule has 0 spiro atoms. The van der Waals surface area contributed by atoms with Gasteiger partial charge in [0, 0.05) is 23.6 Å². The number of aryl methyl sites for hydroxylation is 1. The third-order valence-corrected chi connectivity index (χ3v) is 5.53. The quantitative estimate of drug-likeness (QED) is 0.456. The highest BCUT2D eigenvalue weighted by molar-refractivity contribution is 7.13. The molecule has 2 heterocycles. The van der Waals surface area contributed by atoms with Crippen molar-refractivity contribution in [3.63, 3.8) is 0 Å². The van der Waals surface area contributed by atoms with Crippen molar-refractivity contribution in [2.45, 2.75) is 33.1 Å². The van der Waals surface area contributed by atoms with Crippen LogP contribution in [0.3, 0.4) is 0 Å². The van der Waals surface area contributed by atoms with E-state index in [0.29, 0.717) is 12.2 Å². The van der Waals surface area contributed by atoms with E-state index in [1.54, 1.807) is 23.5 Å². The van der Waals surface area contributed by atoms with Gasteiger partial charge in [-0.2, -0.15) is 0 Å². The van der Waals surface area contributed by atoms with Gasteiger partial charge in [0.25, 0.3) is 0 Å². The van der Waals surface area contributed by atoms with Crippen LogP contribution in [0.1, 0.15) is 35.7 Å². The molecule has 1 aromatic carbocycles. The van der Waals surface area contributed by atoms with E-state index in [2.05, 4.69) is 12.2 Å². The van der Waals surface area contributed by atoms with E-state index in [0.717, 1.165) is 45.2 Å². The maximum Gasteiger partial charge on any atom is 0.307 e. The predicted molar refractivity (Wildman–Crippen MR) is 121 cm³/mol. The first-order chi connectivity index (χ1) is 14.5. The molecule has 6 nitrogen and oxygen atoms in total. The summed E-state index contributed by atoms with van der Waals surface area (Å²) in [6.45, 7) is 4.20. The molecule has 0 fully saturated rings. The monoisotopic (exact) mass is 423 g/mol. The van der Waals surface area contributed by atoms with Crippen LogP contribution in [0.15, 0.2) is 41.8 Å². The molecule has 0 aliphatic carbocycles. The molecule has 0 unspecified atom stereocenters. The fourth-order valence-electron chi connectivity index (χ4n) is 3.10.